The number of ether oxygens (including phenoxy) is 4. The van der Waals surface area contributed by atoms with Crippen molar-refractivity contribution in [2.24, 2.45) is 0 Å². The zero-order chi connectivity index (χ0) is 70.4. The van der Waals surface area contributed by atoms with Crippen LogP contribution in [0.25, 0.3) is 0 Å². The van der Waals surface area contributed by atoms with Crippen molar-refractivity contribution in [2.75, 3.05) is 39.6 Å². The van der Waals surface area contributed by atoms with Gasteiger partial charge in [0.05, 0.1) is 26.4 Å². The Morgan fingerprint density at radius 2 is 0.552 bits per heavy atom. The second-order valence-electron chi connectivity index (χ2n) is 25.6. The average Bonchev–Trinajstić information content (AvgIpc) is 1.41. The first-order valence-corrected chi connectivity index (χ1v) is 41.2. The van der Waals surface area contributed by atoms with E-state index in [1.54, 1.807) is 0 Å². The van der Waals surface area contributed by atoms with Crippen molar-refractivity contribution in [3.63, 3.8) is 0 Å². The maximum atomic E-state index is 13.1. The van der Waals surface area contributed by atoms with Crippen LogP contribution in [0.3, 0.4) is 0 Å². The van der Waals surface area contributed by atoms with Gasteiger partial charge in [-0.05, 0) is 109 Å². The Balaban J connectivity index is 5.31. The molecule has 0 amide bonds. The van der Waals surface area contributed by atoms with E-state index >= 15 is 0 Å². The van der Waals surface area contributed by atoms with Crippen LogP contribution in [0.2, 0.25) is 0 Å². The summed E-state index contributed by atoms with van der Waals surface area (Å²) < 4.78 is 68.4. The molecule has 3 N–H and O–H groups in total. The van der Waals surface area contributed by atoms with Crippen LogP contribution in [0.15, 0.2) is 72.9 Å². The molecule has 5 unspecified atom stereocenters. The molecule has 19 heteroatoms. The summed E-state index contributed by atoms with van der Waals surface area (Å²) in [6, 6.07) is 0. The van der Waals surface area contributed by atoms with Crippen molar-refractivity contribution >= 4 is 39.5 Å². The standard InChI is InChI=1S/C77H138O17P2/c1-5-9-13-17-21-25-29-31-33-34-35-36-38-39-43-46-50-54-58-62-75(80)88-68-73(94-77(82)64-60-56-52-48-44-40-37-32-30-26-22-18-14-10-6-2)70-92-96(85,86)90-66-71(78)65-89-95(83,84)91-69-72(93-76(81)63-59-55-51-47-42-28-24-20-16-12-8-4)67-87-74(79)61-57-53-49-45-41-27-23-19-15-11-7-3/h9,13,19,21,23,25,31-33,35-37,71-73,78H,5-8,10-12,14-18,20,22,24,26-30,34,38-70H2,1-4H3,(H,83,84)(H,85,86)/b13-9-,23-19-,25-21-,33-31-,36-35-,37-32-. The molecule has 0 aliphatic carbocycles. The van der Waals surface area contributed by atoms with E-state index in [4.69, 9.17) is 37.0 Å². The van der Waals surface area contributed by atoms with E-state index < -0.39 is 97.5 Å². The molecule has 17 nitrogen and oxygen atoms in total. The van der Waals surface area contributed by atoms with Crippen LogP contribution >= 0.6 is 15.6 Å². The molecule has 0 radical (unpaired) electrons. The molecule has 0 bridgehead atoms. The van der Waals surface area contributed by atoms with Gasteiger partial charge in [-0.1, -0.05) is 274 Å². The Morgan fingerprint density at radius 1 is 0.302 bits per heavy atom. The summed E-state index contributed by atoms with van der Waals surface area (Å²) >= 11 is 0. The number of esters is 4. The van der Waals surface area contributed by atoms with E-state index in [-0.39, 0.29) is 25.7 Å². The number of allylic oxidation sites excluding steroid dienone is 12. The second-order valence-corrected chi connectivity index (χ2v) is 28.5. The summed E-state index contributed by atoms with van der Waals surface area (Å²) in [5, 5.41) is 10.6. The molecule has 0 saturated heterocycles. The third-order valence-electron chi connectivity index (χ3n) is 16.2. The van der Waals surface area contributed by atoms with E-state index in [1.807, 2.05) is 0 Å². The largest absolute Gasteiger partial charge is 0.472 e. The summed E-state index contributed by atoms with van der Waals surface area (Å²) in [7, 11) is -9.94. The first-order valence-electron chi connectivity index (χ1n) is 38.2. The van der Waals surface area contributed by atoms with Crippen LogP contribution in [0.5, 0.6) is 0 Å². The van der Waals surface area contributed by atoms with Gasteiger partial charge in [-0.15, -0.1) is 0 Å². The van der Waals surface area contributed by atoms with Crippen molar-refractivity contribution in [1.29, 1.82) is 0 Å². The lowest BCUT2D eigenvalue weighted by atomic mass is 10.1. The van der Waals surface area contributed by atoms with Gasteiger partial charge in [-0.25, -0.2) is 9.13 Å². The minimum absolute atomic E-state index is 0.0842. The third-order valence-corrected chi connectivity index (χ3v) is 18.1. The summed E-state index contributed by atoms with van der Waals surface area (Å²) in [6.45, 7) is 4.71. The fourth-order valence-electron chi connectivity index (χ4n) is 10.3. The minimum atomic E-state index is -4.97. The highest BCUT2D eigenvalue weighted by molar-refractivity contribution is 7.47. The van der Waals surface area contributed by atoms with Gasteiger partial charge in [-0.3, -0.25) is 37.3 Å². The van der Waals surface area contributed by atoms with Gasteiger partial charge in [0.15, 0.2) is 12.2 Å². The molecule has 5 atom stereocenters. The van der Waals surface area contributed by atoms with Crippen LogP contribution in [0.1, 0.15) is 336 Å². The molecular weight excluding hydrogens is 1260 g/mol. The van der Waals surface area contributed by atoms with Gasteiger partial charge in [-0.2, -0.15) is 0 Å². The van der Waals surface area contributed by atoms with Gasteiger partial charge < -0.3 is 33.8 Å². The van der Waals surface area contributed by atoms with E-state index in [1.165, 1.54) is 89.9 Å². The molecule has 0 aromatic heterocycles. The number of carbonyl (C=O) groups excluding carboxylic acids is 4. The molecule has 0 aromatic carbocycles. The molecule has 0 aromatic rings. The van der Waals surface area contributed by atoms with Crippen molar-refractivity contribution in [3.8, 4) is 0 Å². The smallest absolute Gasteiger partial charge is 0.462 e. The SMILES string of the molecule is CC/C=C\C/C=C\C/C=C\C/C=C\CCCCCCCCC(=O)OCC(COP(=O)(O)OCC(O)COP(=O)(O)OCC(COC(=O)CCCCCCC/C=C\CCCC)OC(=O)CCCCCCCCCCCCC)OC(=O)CCCCCCC/C=C\CCCCCCCC. The summed E-state index contributed by atoms with van der Waals surface area (Å²) in [4.78, 5) is 72.7. The number of rotatable bonds is 72. The number of phosphoric acid groups is 2. The highest BCUT2D eigenvalue weighted by Gasteiger charge is 2.30. The van der Waals surface area contributed by atoms with E-state index in [0.717, 1.165) is 167 Å². The number of hydrogen-bond donors (Lipinski definition) is 3. The number of unbranched alkanes of at least 4 members (excludes halogenated alkanes) is 34. The van der Waals surface area contributed by atoms with Crippen LogP contribution in [0, 0.1) is 0 Å². The molecule has 96 heavy (non-hydrogen) atoms. The summed E-state index contributed by atoms with van der Waals surface area (Å²) in [5.74, 6) is -2.19. The molecule has 0 saturated carbocycles. The predicted molar refractivity (Wildman–Crippen MR) is 390 cm³/mol. The van der Waals surface area contributed by atoms with E-state index in [9.17, 15) is 43.2 Å². The van der Waals surface area contributed by atoms with E-state index in [0.29, 0.717) is 25.7 Å². The van der Waals surface area contributed by atoms with Crippen LogP contribution < -0.4 is 0 Å². The molecule has 0 heterocycles. The molecule has 0 spiro atoms. The summed E-state index contributed by atoms with van der Waals surface area (Å²) in [6.07, 6.45) is 69.0. The Labute approximate surface area is 583 Å². The van der Waals surface area contributed by atoms with Crippen molar-refractivity contribution in [3.05, 3.63) is 72.9 Å². The normalized spacial score (nSPS) is 14.4. The van der Waals surface area contributed by atoms with Crippen molar-refractivity contribution in [2.45, 2.75) is 354 Å². The number of hydrogen-bond acceptors (Lipinski definition) is 15. The van der Waals surface area contributed by atoms with Gasteiger partial charge in [0.25, 0.3) is 0 Å². The second kappa shape index (κ2) is 70.0. The quantitative estimate of drug-likeness (QED) is 0.0169. The Kier molecular flexibility index (Phi) is 67.4. The minimum Gasteiger partial charge on any atom is -0.462 e. The van der Waals surface area contributed by atoms with Gasteiger partial charge >= 0.3 is 39.5 Å². The van der Waals surface area contributed by atoms with Crippen molar-refractivity contribution < 1.29 is 80.2 Å². The molecular formula is C77H138O17P2. The third kappa shape index (κ3) is 69.0. The van der Waals surface area contributed by atoms with Gasteiger partial charge in [0.1, 0.15) is 19.3 Å². The van der Waals surface area contributed by atoms with Crippen LogP contribution in [0.4, 0.5) is 0 Å². The average molecular weight is 1400 g/mol. The lowest BCUT2D eigenvalue weighted by Crippen LogP contribution is -2.30. The lowest BCUT2D eigenvalue weighted by molar-refractivity contribution is -0.161. The first-order chi connectivity index (χ1) is 46.7. The van der Waals surface area contributed by atoms with Crippen LogP contribution in [-0.4, -0.2) is 96.7 Å². The first kappa shape index (κ1) is 92.5. The molecule has 558 valence electrons. The highest BCUT2D eigenvalue weighted by Crippen LogP contribution is 2.45. The lowest BCUT2D eigenvalue weighted by Gasteiger charge is -2.21. The Bertz CT molecular complexity index is 2110. The fraction of sp³-hybridized carbons (Fsp3) is 0.792. The number of carbonyl (C=O) groups is 4. The zero-order valence-corrected chi connectivity index (χ0v) is 62.6. The number of aliphatic hydroxyl groups is 1. The highest BCUT2D eigenvalue weighted by atomic mass is 31.2. The number of phosphoric ester groups is 2. The fourth-order valence-corrected chi connectivity index (χ4v) is 11.9. The Morgan fingerprint density at radius 3 is 0.875 bits per heavy atom. The topological polar surface area (TPSA) is 237 Å². The molecule has 0 aliphatic rings. The van der Waals surface area contributed by atoms with Crippen molar-refractivity contribution in [1.82, 2.24) is 0 Å². The van der Waals surface area contributed by atoms with Crippen LogP contribution in [-0.2, 0) is 65.4 Å². The van der Waals surface area contributed by atoms with Gasteiger partial charge in [0, 0.05) is 25.7 Å². The number of aliphatic hydroxyl groups excluding tert-OH is 1. The van der Waals surface area contributed by atoms with E-state index in [2.05, 4.69) is 101 Å². The zero-order valence-electron chi connectivity index (χ0n) is 60.8. The molecule has 0 aliphatic heterocycles. The summed E-state index contributed by atoms with van der Waals surface area (Å²) in [5.41, 5.74) is 0. The maximum Gasteiger partial charge on any atom is 0.472 e. The monoisotopic (exact) mass is 1400 g/mol. The Hall–Kier alpha value is -3.50. The maximum absolute atomic E-state index is 13.1. The predicted octanol–water partition coefficient (Wildman–Crippen LogP) is 21.7. The van der Waals surface area contributed by atoms with Gasteiger partial charge in [0.2, 0.25) is 0 Å². The molecule has 0 rings (SSSR count). The molecule has 0 fully saturated rings.